The van der Waals surface area contributed by atoms with E-state index < -0.39 is 5.82 Å². The zero-order valence-corrected chi connectivity index (χ0v) is 10.6. The van der Waals surface area contributed by atoms with Gasteiger partial charge in [-0.05, 0) is 38.5 Å². The Hall–Kier alpha value is -1.97. The van der Waals surface area contributed by atoms with E-state index >= 15 is 0 Å². The molecule has 0 radical (unpaired) electrons. The van der Waals surface area contributed by atoms with Crippen molar-refractivity contribution in [3.8, 4) is 11.1 Å². The molecule has 2 aromatic rings. The Morgan fingerprint density at radius 1 is 1.39 bits per heavy atom. The van der Waals surface area contributed by atoms with Gasteiger partial charge in [0.15, 0.2) is 6.29 Å². The molecule has 0 aliphatic heterocycles. The van der Waals surface area contributed by atoms with E-state index in [9.17, 15) is 9.18 Å². The van der Waals surface area contributed by atoms with Crippen LogP contribution in [0.1, 0.15) is 35.9 Å². The van der Waals surface area contributed by atoms with E-state index in [1.807, 2.05) is 31.6 Å². The van der Waals surface area contributed by atoms with Gasteiger partial charge in [0.2, 0.25) is 0 Å². The minimum absolute atomic E-state index is 0.0765. The fraction of sp³-hybridized carbons (Fsp3) is 0.286. The standard InChI is InChI=1S/C14H15FN2O/c1-9(2)17-7-13(10(3)16-17)11-4-5-12(8-18)14(15)6-11/h4-9H,1-3H3. The maximum absolute atomic E-state index is 13.6. The average Bonchev–Trinajstić information content (AvgIpc) is 2.71. The molecule has 0 aliphatic rings. The number of hydrogen-bond donors (Lipinski definition) is 0. The van der Waals surface area contributed by atoms with E-state index in [0.717, 1.165) is 16.8 Å². The monoisotopic (exact) mass is 246 g/mol. The molecule has 3 nitrogen and oxygen atoms in total. The molecule has 18 heavy (non-hydrogen) atoms. The van der Waals surface area contributed by atoms with Crippen LogP contribution in [0.5, 0.6) is 0 Å². The van der Waals surface area contributed by atoms with Gasteiger partial charge in [-0.15, -0.1) is 0 Å². The van der Waals surface area contributed by atoms with Crippen LogP contribution in [0.4, 0.5) is 4.39 Å². The number of hydrogen-bond acceptors (Lipinski definition) is 2. The van der Waals surface area contributed by atoms with Gasteiger partial charge in [-0.2, -0.15) is 5.10 Å². The number of benzene rings is 1. The van der Waals surface area contributed by atoms with Crippen molar-refractivity contribution in [3.63, 3.8) is 0 Å². The average molecular weight is 246 g/mol. The van der Waals surface area contributed by atoms with E-state index in [1.165, 1.54) is 12.1 Å². The molecule has 1 aromatic heterocycles. The number of rotatable bonds is 3. The largest absolute Gasteiger partial charge is 0.298 e. The maximum Gasteiger partial charge on any atom is 0.152 e. The van der Waals surface area contributed by atoms with Crippen LogP contribution in [0.25, 0.3) is 11.1 Å². The third kappa shape index (κ3) is 2.18. The van der Waals surface area contributed by atoms with Crippen molar-refractivity contribution in [1.82, 2.24) is 9.78 Å². The number of aryl methyl sites for hydroxylation is 1. The summed E-state index contributed by atoms with van der Waals surface area (Å²) in [5.74, 6) is -0.501. The molecule has 2 rings (SSSR count). The van der Waals surface area contributed by atoms with Gasteiger partial charge in [0.05, 0.1) is 11.3 Å². The number of aldehydes is 1. The van der Waals surface area contributed by atoms with Gasteiger partial charge in [0.1, 0.15) is 5.82 Å². The molecular weight excluding hydrogens is 231 g/mol. The molecular formula is C14H15FN2O. The van der Waals surface area contributed by atoms with Crippen LogP contribution < -0.4 is 0 Å². The Balaban J connectivity index is 2.48. The van der Waals surface area contributed by atoms with Crippen LogP contribution in [-0.2, 0) is 0 Å². The first-order chi connectivity index (χ1) is 8.52. The summed E-state index contributed by atoms with van der Waals surface area (Å²) in [6.45, 7) is 5.96. The normalized spacial score (nSPS) is 10.9. The highest BCUT2D eigenvalue weighted by molar-refractivity contribution is 5.77. The third-order valence-corrected chi connectivity index (χ3v) is 2.88. The fourth-order valence-corrected chi connectivity index (χ4v) is 1.82. The van der Waals surface area contributed by atoms with Crippen molar-refractivity contribution in [2.45, 2.75) is 26.8 Å². The van der Waals surface area contributed by atoms with Crippen molar-refractivity contribution < 1.29 is 9.18 Å². The van der Waals surface area contributed by atoms with Gasteiger partial charge in [0, 0.05) is 17.8 Å². The quantitative estimate of drug-likeness (QED) is 0.778. The van der Waals surface area contributed by atoms with E-state index in [2.05, 4.69) is 5.10 Å². The number of halogens is 1. The van der Waals surface area contributed by atoms with Gasteiger partial charge in [-0.25, -0.2) is 4.39 Å². The van der Waals surface area contributed by atoms with Gasteiger partial charge >= 0.3 is 0 Å². The Morgan fingerprint density at radius 2 is 2.11 bits per heavy atom. The molecule has 4 heteroatoms. The highest BCUT2D eigenvalue weighted by atomic mass is 19.1. The predicted molar refractivity (Wildman–Crippen MR) is 68.1 cm³/mol. The molecule has 0 spiro atoms. The van der Waals surface area contributed by atoms with Crippen LogP contribution in [0.3, 0.4) is 0 Å². The van der Waals surface area contributed by atoms with Gasteiger partial charge in [0.25, 0.3) is 0 Å². The Morgan fingerprint density at radius 3 is 2.61 bits per heavy atom. The van der Waals surface area contributed by atoms with Crippen LogP contribution in [-0.4, -0.2) is 16.1 Å². The second-order valence-corrected chi connectivity index (χ2v) is 4.56. The molecule has 0 amide bonds. The summed E-state index contributed by atoms with van der Waals surface area (Å²) in [4.78, 5) is 10.6. The molecule has 0 bridgehead atoms. The van der Waals surface area contributed by atoms with E-state index in [0.29, 0.717) is 6.29 Å². The second kappa shape index (κ2) is 4.72. The number of carbonyl (C=O) groups is 1. The number of nitrogens with zero attached hydrogens (tertiary/aromatic N) is 2. The van der Waals surface area contributed by atoms with Crippen molar-refractivity contribution in [1.29, 1.82) is 0 Å². The first-order valence-corrected chi connectivity index (χ1v) is 5.83. The minimum Gasteiger partial charge on any atom is -0.298 e. The summed E-state index contributed by atoms with van der Waals surface area (Å²) >= 11 is 0. The maximum atomic E-state index is 13.6. The molecule has 1 aromatic carbocycles. The third-order valence-electron chi connectivity index (χ3n) is 2.88. The second-order valence-electron chi connectivity index (χ2n) is 4.56. The zero-order chi connectivity index (χ0) is 13.3. The number of carbonyl (C=O) groups excluding carboxylic acids is 1. The molecule has 0 saturated heterocycles. The smallest absolute Gasteiger partial charge is 0.152 e. The van der Waals surface area contributed by atoms with Crippen molar-refractivity contribution >= 4 is 6.29 Å². The Labute approximate surface area is 105 Å². The highest BCUT2D eigenvalue weighted by Crippen LogP contribution is 2.25. The SMILES string of the molecule is Cc1nn(C(C)C)cc1-c1ccc(C=O)c(F)c1. The fourth-order valence-electron chi connectivity index (χ4n) is 1.82. The summed E-state index contributed by atoms with van der Waals surface area (Å²) in [6, 6.07) is 4.86. The number of aromatic nitrogens is 2. The van der Waals surface area contributed by atoms with Gasteiger partial charge < -0.3 is 0 Å². The summed E-state index contributed by atoms with van der Waals surface area (Å²) in [5.41, 5.74) is 2.55. The topological polar surface area (TPSA) is 34.9 Å². The molecule has 94 valence electrons. The lowest BCUT2D eigenvalue weighted by Gasteiger charge is -2.03. The van der Waals surface area contributed by atoms with Crippen LogP contribution in [0.2, 0.25) is 0 Å². The molecule has 1 heterocycles. The molecule has 0 saturated carbocycles. The predicted octanol–water partition coefficient (Wildman–Crippen LogP) is 3.39. The highest BCUT2D eigenvalue weighted by Gasteiger charge is 2.11. The lowest BCUT2D eigenvalue weighted by Crippen LogP contribution is -2.00. The van der Waals surface area contributed by atoms with E-state index in [-0.39, 0.29) is 11.6 Å². The molecule has 0 N–H and O–H groups in total. The van der Waals surface area contributed by atoms with Crippen molar-refractivity contribution in [3.05, 3.63) is 41.5 Å². The molecule has 0 unspecified atom stereocenters. The minimum atomic E-state index is -0.501. The van der Waals surface area contributed by atoms with E-state index in [1.54, 1.807) is 6.07 Å². The summed E-state index contributed by atoms with van der Waals surface area (Å²) in [5, 5.41) is 4.38. The first-order valence-electron chi connectivity index (χ1n) is 5.83. The van der Waals surface area contributed by atoms with Crippen molar-refractivity contribution in [2.75, 3.05) is 0 Å². The van der Waals surface area contributed by atoms with E-state index in [4.69, 9.17) is 0 Å². The Bertz CT molecular complexity index is 587. The van der Waals surface area contributed by atoms with Crippen molar-refractivity contribution in [2.24, 2.45) is 0 Å². The molecule has 0 fully saturated rings. The Kier molecular flexibility index (Phi) is 3.28. The lowest BCUT2D eigenvalue weighted by molar-refractivity contribution is 0.112. The van der Waals surface area contributed by atoms with Crippen LogP contribution in [0, 0.1) is 12.7 Å². The zero-order valence-electron chi connectivity index (χ0n) is 10.6. The molecule has 0 atom stereocenters. The van der Waals surface area contributed by atoms with Crippen LogP contribution >= 0.6 is 0 Å². The van der Waals surface area contributed by atoms with Gasteiger partial charge in [-0.1, -0.05) is 6.07 Å². The summed E-state index contributed by atoms with van der Waals surface area (Å²) in [7, 11) is 0. The first kappa shape index (κ1) is 12.5. The lowest BCUT2D eigenvalue weighted by atomic mass is 10.0. The summed E-state index contributed by atoms with van der Waals surface area (Å²) < 4.78 is 15.4. The summed E-state index contributed by atoms with van der Waals surface area (Å²) in [6.07, 6.45) is 2.42. The van der Waals surface area contributed by atoms with Gasteiger partial charge in [-0.3, -0.25) is 9.48 Å². The molecule has 0 aliphatic carbocycles. The van der Waals surface area contributed by atoms with Crippen LogP contribution in [0.15, 0.2) is 24.4 Å².